The molecular formula is C17H14ClN3O3. The van der Waals surface area contributed by atoms with Crippen LogP contribution >= 0.6 is 11.6 Å². The first-order valence-corrected chi connectivity index (χ1v) is 7.22. The van der Waals surface area contributed by atoms with E-state index in [1.165, 1.54) is 25.4 Å². The Bertz CT molecular complexity index is 828. The average Bonchev–Trinajstić information content (AvgIpc) is 2.55. The van der Waals surface area contributed by atoms with Crippen molar-refractivity contribution in [3.8, 4) is 17.6 Å². The van der Waals surface area contributed by atoms with Gasteiger partial charge < -0.3 is 20.5 Å². The van der Waals surface area contributed by atoms with E-state index in [0.717, 1.165) is 0 Å². The number of methoxy groups -OCH3 is 1. The molecule has 2 aromatic rings. The van der Waals surface area contributed by atoms with Gasteiger partial charge in [0.2, 0.25) is 0 Å². The molecule has 0 spiro atoms. The smallest absolute Gasteiger partial charge is 0.267 e. The van der Waals surface area contributed by atoms with Gasteiger partial charge in [-0.15, -0.1) is 0 Å². The van der Waals surface area contributed by atoms with Crippen LogP contribution in [0.2, 0.25) is 5.02 Å². The van der Waals surface area contributed by atoms with Crippen LogP contribution in [0, 0.1) is 11.3 Å². The lowest BCUT2D eigenvalue weighted by Gasteiger charge is -2.07. The lowest BCUT2D eigenvalue weighted by atomic mass is 10.2. The number of phenols is 1. The fourth-order valence-corrected chi connectivity index (χ4v) is 2.10. The van der Waals surface area contributed by atoms with E-state index in [4.69, 9.17) is 21.6 Å². The SMILES string of the molecule is COc1ccc(N/C=C(/C#N)C(=O)Nc2cccc(O)c2)cc1Cl. The number of amides is 1. The van der Waals surface area contributed by atoms with E-state index in [0.29, 0.717) is 22.1 Å². The van der Waals surface area contributed by atoms with Crippen molar-refractivity contribution in [3.05, 3.63) is 59.3 Å². The molecule has 2 rings (SSSR count). The number of carbonyl (C=O) groups excluding carboxylic acids is 1. The zero-order valence-corrected chi connectivity index (χ0v) is 13.5. The maximum atomic E-state index is 12.1. The van der Waals surface area contributed by atoms with Crippen molar-refractivity contribution in [1.82, 2.24) is 0 Å². The fourth-order valence-electron chi connectivity index (χ4n) is 1.84. The number of ether oxygens (including phenoxy) is 1. The highest BCUT2D eigenvalue weighted by atomic mass is 35.5. The standard InChI is InChI=1S/C17H14ClN3O3/c1-24-16-6-5-12(8-15(16)18)20-10-11(9-19)17(23)21-13-3-2-4-14(22)7-13/h2-8,10,20,22H,1H3,(H,21,23)/b11-10-. The van der Waals surface area contributed by atoms with Gasteiger partial charge in [-0.05, 0) is 30.3 Å². The van der Waals surface area contributed by atoms with Crippen molar-refractivity contribution in [2.24, 2.45) is 0 Å². The second-order valence-electron chi connectivity index (χ2n) is 4.67. The number of anilines is 2. The summed E-state index contributed by atoms with van der Waals surface area (Å²) in [6.45, 7) is 0. The molecule has 0 aliphatic carbocycles. The summed E-state index contributed by atoms with van der Waals surface area (Å²) in [5.41, 5.74) is 0.845. The summed E-state index contributed by atoms with van der Waals surface area (Å²) >= 11 is 6.01. The van der Waals surface area contributed by atoms with Gasteiger partial charge in [0.15, 0.2) is 0 Å². The molecule has 3 N–H and O–H groups in total. The molecule has 0 unspecified atom stereocenters. The van der Waals surface area contributed by atoms with Gasteiger partial charge in [-0.3, -0.25) is 4.79 Å². The molecule has 0 bridgehead atoms. The summed E-state index contributed by atoms with van der Waals surface area (Å²) in [5.74, 6) is -0.0650. The molecule has 1 amide bonds. The zero-order chi connectivity index (χ0) is 17.5. The Morgan fingerprint density at radius 1 is 1.29 bits per heavy atom. The van der Waals surface area contributed by atoms with E-state index in [1.54, 1.807) is 30.3 Å². The van der Waals surface area contributed by atoms with Crippen LogP contribution in [-0.2, 0) is 4.79 Å². The van der Waals surface area contributed by atoms with Crippen molar-refractivity contribution >= 4 is 28.9 Å². The van der Waals surface area contributed by atoms with Gasteiger partial charge in [0.1, 0.15) is 23.1 Å². The molecule has 0 radical (unpaired) electrons. The van der Waals surface area contributed by atoms with E-state index in [-0.39, 0.29) is 11.3 Å². The van der Waals surface area contributed by atoms with Crippen molar-refractivity contribution in [1.29, 1.82) is 5.26 Å². The quantitative estimate of drug-likeness (QED) is 0.570. The third-order valence-corrected chi connectivity index (χ3v) is 3.30. The first-order valence-electron chi connectivity index (χ1n) is 6.84. The molecule has 2 aromatic carbocycles. The van der Waals surface area contributed by atoms with Gasteiger partial charge >= 0.3 is 0 Å². The van der Waals surface area contributed by atoms with E-state index < -0.39 is 5.91 Å². The Kier molecular flexibility index (Phi) is 5.66. The van der Waals surface area contributed by atoms with Crippen molar-refractivity contribution in [2.75, 3.05) is 17.7 Å². The van der Waals surface area contributed by atoms with Crippen LogP contribution in [0.4, 0.5) is 11.4 Å². The second-order valence-corrected chi connectivity index (χ2v) is 5.08. The molecule has 7 heteroatoms. The van der Waals surface area contributed by atoms with Gasteiger partial charge in [-0.25, -0.2) is 0 Å². The maximum absolute atomic E-state index is 12.1. The van der Waals surface area contributed by atoms with Crippen LogP contribution in [0.25, 0.3) is 0 Å². The molecule has 0 saturated heterocycles. The topological polar surface area (TPSA) is 94.4 Å². The van der Waals surface area contributed by atoms with Crippen molar-refractivity contribution in [3.63, 3.8) is 0 Å². The maximum Gasteiger partial charge on any atom is 0.267 e. The Balaban J connectivity index is 2.10. The van der Waals surface area contributed by atoms with Crippen LogP contribution in [0.15, 0.2) is 54.2 Å². The summed E-state index contributed by atoms with van der Waals surface area (Å²) < 4.78 is 5.05. The molecule has 0 aromatic heterocycles. The minimum Gasteiger partial charge on any atom is -0.508 e. The predicted molar refractivity (Wildman–Crippen MR) is 92.1 cm³/mol. The molecule has 24 heavy (non-hydrogen) atoms. The number of hydrogen-bond acceptors (Lipinski definition) is 5. The lowest BCUT2D eigenvalue weighted by molar-refractivity contribution is -0.112. The zero-order valence-electron chi connectivity index (χ0n) is 12.7. The largest absolute Gasteiger partial charge is 0.508 e. The molecule has 0 aliphatic heterocycles. The number of aromatic hydroxyl groups is 1. The van der Waals surface area contributed by atoms with Crippen LogP contribution < -0.4 is 15.4 Å². The molecule has 6 nitrogen and oxygen atoms in total. The van der Waals surface area contributed by atoms with E-state index in [9.17, 15) is 9.90 Å². The number of nitrogens with one attached hydrogen (secondary N) is 2. The molecule has 0 heterocycles. The molecule has 0 saturated carbocycles. The summed E-state index contributed by atoms with van der Waals surface area (Å²) in [7, 11) is 1.51. The summed E-state index contributed by atoms with van der Waals surface area (Å²) in [6.07, 6.45) is 1.27. The Labute approximate surface area is 143 Å². The number of phenolic OH excluding ortho intramolecular Hbond substituents is 1. The number of nitriles is 1. The number of hydrogen-bond donors (Lipinski definition) is 3. The molecule has 122 valence electrons. The third kappa shape index (κ3) is 4.41. The lowest BCUT2D eigenvalue weighted by Crippen LogP contribution is -2.14. The minimum atomic E-state index is -0.602. The van der Waals surface area contributed by atoms with Crippen LogP contribution in [0.1, 0.15) is 0 Å². The molecule has 0 aliphatic rings. The van der Waals surface area contributed by atoms with Gasteiger partial charge in [-0.1, -0.05) is 17.7 Å². The summed E-state index contributed by atoms with van der Waals surface area (Å²) in [5, 5.41) is 24.3. The van der Waals surface area contributed by atoms with E-state index in [1.807, 2.05) is 6.07 Å². The van der Waals surface area contributed by atoms with Gasteiger partial charge in [0.05, 0.1) is 12.1 Å². The Hall–Kier alpha value is -3.17. The van der Waals surface area contributed by atoms with Crippen LogP contribution in [0.5, 0.6) is 11.5 Å². The number of nitrogens with zero attached hydrogens (tertiary/aromatic N) is 1. The number of rotatable bonds is 5. The number of benzene rings is 2. The Morgan fingerprint density at radius 2 is 2.08 bits per heavy atom. The van der Waals surface area contributed by atoms with Crippen molar-refractivity contribution in [2.45, 2.75) is 0 Å². The highest BCUT2D eigenvalue weighted by Crippen LogP contribution is 2.27. The van der Waals surface area contributed by atoms with E-state index in [2.05, 4.69) is 10.6 Å². The summed E-state index contributed by atoms with van der Waals surface area (Å²) in [6, 6.07) is 12.8. The first kappa shape index (κ1) is 17.2. The van der Waals surface area contributed by atoms with E-state index >= 15 is 0 Å². The fraction of sp³-hybridized carbons (Fsp3) is 0.0588. The average molecular weight is 344 g/mol. The van der Waals surface area contributed by atoms with Crippen molar-refractivity contribution < 1.29 is 14.6 Å². The molecular weight excluding hydrogens is 330 g/mol. The molecule has 0 fully saturated rings. The first-order chi connectivity index (χ1) is 11.5. The summed E-state index contributed by atoms with van der Waals surface area (Å²) in [4.78, 5) is 12.1. The molecule has 0 atom stereocenters. The second kappa shape index (κ2) is 7.90. The van der Waals surface area contributed by atoms with Crippen LogP contribution in [-0.4, -0.2) is 18.1 Å². The predicted octanol–water partition coefficient (Wildman–Crippen LogP) is 3.51. The van der Waals surface area contributed by atoms with Gasteiger partial charge in [0.25, 0.3) is 5.91 Å². The van der Waals surface area contributed by atoms with Crippen LogP contribution in [0.3, 0.4) is 0 Å². The Morgan fingerprint density at radius 3 is 2.71 bits per heavy atom. The third-order valence-electron chi connectivity index (χ3n) is 3.00. The normalized spacial score (nSPS) is 10.6. The van der Waals surface area contributed by atoms with Gasteiger partial charge in [0, 0.05) is 23.6 Å². The minimum absolute atomic E-state index is 0.0151. The highest BCUT2D eigenvalue weighted by molar-refractivity contribution is 6.32. The van der Waals surface area contributed by atoms with Gasteiger partial charge in [-0.2, -0.15) is 5.26 Å². The number of carbonyl (C=O) groups is 1. The highest BCUT2D eigenvalue weighted by Gasteiger charge is 2.10. The number of halogens is 1. The monoisotopic (exact) mass is 343 g/mol.